The van der Waals surface area contributed by atoms with Crippen molar-refractivity contribution < 1.29 is 14.0 Å². The molecule has 2 aromatic rings. The van der Waals surface area contributed by atoms with Crippen molar-refractivity contribution in [2.24, 2.45) is 0 Å². The molecule has 1 atom stereocenters. The summed E-state index contributed by atoms with van der Waals surface area (Å²) in [5.74, 6) is 0.973. The number of aromatic nitrogens is 1. The number of hydrogen-bond donors (Lipinski definition) is 0. The van der Waals surface area contributed by atoms with Gasteiger partial charge in [-0.05, 0) is 51.3 Å². The highest BCUT2D eigenvalue weighted by atomic mass is 16.7. The molecule has 0 saturated heterocycles. The molecule has 0 aliphatic carbocycles. The highest BCUT2D eigenvalue weighted by Gasteiger charge is 2.40. The zero-order chi connectivity index (χ0) is 14.8. The van der Waals surface area contributed by atoms with Gasteiger partial charge < -0.3 is 4.74 Å². The summed E-state index contributed by atoms with van der Waals surface area (Å²) in [4.78, 5) is 0. The Hall–Kier alpha value is -1.61. The van der Waals surface area contributed by atoms with E-state index in [0.29, 0.717) is 0 Å². The van der Waals surface area contributed by atoms with Crippen LogP contribution in [0.3, 0.4) is 0 Å². The Bertz CT molecular complexity index is 739. The molecule has 1 aromatic carbocycles. The van der Waals surface area contributed by atoms with Gasteiger partial charge in [0.05, 0.1) is 5.39 Å². The van der Waals surface area contributed by atoms with Gasteiger partial charge in [0.1, 0.15) is 0 Å². The Morgan fingerprint density at radius 1 is 0.850 bits per heavy atom. The molecule has 0 amide bonds. The summed E-state index contributed by atoms with van der Waals surface area (Å²) < 4.78 is 13.8. The van der Waals surface area contributed by atoms with Crippen LogP contribution >= 0.6 is 0 Å². The number of methoxy groups -OCH3 is 1. The number of rotatable bonds is 1. The van der Waals surface area contributed by atoms with Crippen molar-refractivity contribution >= 4 is 10.9 Å². The smallest absolute Gasteiger partial charge is 0.404 e. The van der Waals surface area contributed by atoms with Crippen molar-refractivity contribution in [2.45, 2.75) is 48.0 Å². The van der Waals surface area contributed by atoms with Gasteiger partial charge in [-0.1, -0.05) is 0 Å². The number of hydrogen-bond acceptors (Lipinski definition) is 2. The molecule has 0 spiro atoms. The van der Waals surface area contributed by atoms with E-state index < -0.39 is 0 Å². The number of pyridine rings is 1. The van der Waals surface area contributed by atoms with Crippen LogP contribution < -0.4 is 9.30 Å². The Kier molecular flexibility index (Phi) is 2.80. The first kappa shape index (κ1) is 13.4. The minimum Gasteiger partial charge on any atom is -0.404 e. The van der Waals surface area contributed by atoms with E-state index >= 15 is 0 Å². The molecule has 2 heterocycles. The maximum atomic E-state index is 6.07. The third kappa shape index (κ3) is 1.41. The third-order valence-electron chi connectivity index (χ3n) is 5.01. The minimum absolute atomic E-state index is 0.355. The fraction of sp³-hybridized carbons (Fsp3) is 0.471. The molecule has 0 radical (unpaired) electrons. The fourth-order valence-corrected chi connectivity index (χ4v) is 3.32. The van der Waals surface area contributed by atoms with Gasteiger partial charge in [0.15, 0.2) is 5.69 Å². The number of ether oxygens (including phenoxy) is 2. The fourth-order valence-electron chi connectivity index (χ4n) is 3.32. The van der Waals surface area contributed by atoms with Gasteiger partial charge in [-0.25, -0.2) is 0 Å². The SMILES string of the molecule is COC1Oc2c(C)c(C)c(C)c3c(C)c(C)c(C)[n+]1c23. The second kappa shape index (κ2) is 4.19. The lowest BCUT2D eigenvalue weighted by Gasteiger charge is -2.12. The van der Waals surface area contributed by atoms with Crippen LogP contribution in [0.1, 0.15) is 39.9 Å². The zero-order valence-electron chi connectivity index (χ0n) is 13.3. The van der Waals surface area contributed by atoms with E-state index in [9.17, 15) is 0 Å². The Morgan fingerprint density at radius 2 is 1.45 bits per heavy atom. The molecule has 0 N–H and O–H groups in total. The van der Waals surface area contributed by atoms with E-state index in [4.69, 9.17) is 9.47 Å². The van der Waals surface area contributed by atoms with Gasteiger partial charge in [0.2, 0.25) is 5.75 Å². The van der Waals surface area contributed by atoms with Gasteiger partial charge in [-0.15, -0.1) is 4.57 Å². The van der Waals surface area contributed by atoms with Crippen LogP contribution in [0.4, 0.5) is 0 Å². The molecule has 3 nitrogen and oxygen atoms in total. The molecule has 106 valence electrons. The topological polar surface area (TPSA) is 22.3 Å². The van der Waals surface area contributed by atoms with Crippen molar-refractivity contribution in [3.8, 4) is 5.75 Å². The van der Waals surface area contributed by atoms with Gasteiger partial charge >= 0.3 is 6.41 Å². The average molecular weight is 272 g/mol. The van der Waals surface area contributed by atoms with Crippen molar-refractivity contribution in [1.29, 1.82) is 0 Å². The van der Waals surface area contributed by atoms with Gasteiger partial charge in [0, 0.05) is 25.2 Å². The van der Waals surface area contributed by atoms with Crippen LogP contribution in [0.25, 0.3) is 10.9 Å². The minimum atomic E-state index is -0.355. The number of nitrogens with zero attached hydrogens (tertiary/aromatic N) is 1. The average Bonchev–Trinajstić information content (AvgIpc) is 2.81. The monoisotopic (exact) mass is 272 g/mol. The zero-order valence-corrected chi connectivity index (χ0v) is 13.3. The molecule has 0 bridgehead atoms. The van der Waals surface area contributed by atoms with Gasteiger partial charge in [-0.3, -0.25) is 4.74 Å². The summed E-state index contributed by atoms with van der Waals surface area (Å²) in [6.45, 7) is 13.0. The molecule has 1 aliphatic rings. The Morgan fingerprint density at radius 3 is 2.05 bits per heavy atom. The third-order valence-corrected chi connectivity index (χ3v) is 5.01. The summed E-state index contributed by atoms with van der Waals surface area (Å²) in [5, 5.41) is 1.31. The largest absolute Gasteiger partial charge is 0.424 e. The molecule has 20 heavy (non-hydrogen) atoms. The van der Waals surface area contributed by atoms with E-state index in [-0.39, 0.29) is 6.41 Å². The standard InChI is InChI=1S/C17H22NO2/c1-8-10(3)14-11(4)9(2)13(6)18-15(14)16(12(8)5)20-17(18)19-7/h17H,1-7H3/q+1. The van der Waals surface area contributed by atoms with E-state index in [2.05, 4.69) is 46.1 Å². The van der Waals surface area contributed by atoms with Crippen LogP contribution in [-0.4, -0.2) is 7.11 Å². The lowest BCUT2D eigenvalue weighted by molar-refractivity contribution is -0.767. The van der Waals surface area contributed by atoms with Crippen LogP contribution in [0.5, 0.6) is 5.75 Å². The van der Waals surface area contributed by atoms with Crippen LogP contribution in [0.15, 0.2) is 0 Å². The van der Waals surface area contributed by atoms with E-state index in [1.165, 1.54) is 44.4 Å². The van der Waals surface area contributed by atoms with E-state index in [0.717, 1.165) is 5.75 Å². The lowest BCUT2D eigenvalue weighted by Crippen LogP contribution is -2.43. The predicted octanol–water partition coefficient (Wildman–Crippen LogP) is 3.47. The molecule has 0 fully saturated rings. The summed E-state index contributed by atoms with van der Waals surface area (Å²) in [7, 11) is 1.69. The molecule has 3 heteroatoms. The van der Waals surface area contributed by atoms with Crippen molar-refractivity contribution in [1.82, 2.24) is 0 Å². The second-order valence-electron chi connectivity index (χ2n) is 5.79. The lowest BCUT2D eigenvalue weighted by atomic mass is 9.93. The van der Waals surface area contributed by atoms with Crippen molar-refractivity contribution in [3.05, 3.63) is 33.5 Å². The first-order valence-electron chi connectivity index (χ1n) is 7.04. The normalized spacial score (nSPS) is 16.9. The van der Waals surface area contributed by atoms with Crippen LogP contribution in [0.2, 0.25) is 0 Å². The summed E-state index contributed by atoms with van der Waals surface area (Å²) in [6.07, 6.45) is -0.355. The summed E-state index contributed by atoms with van der Waals surface area (Å²) in [6, 6.07) is 0. The first-order valence-corrected chi connectivity index (χ1v) is 7.04. The molecule has 0 saturated carbocycles. The van der Waals surface area contributed by atoms with E-state index in [1.54, 1.807) is 7.11 Å². The molecule has 1 aromatic heterocycles. The quantitative estimate of drug-likeness (QED) is 0.742. The molecular weight excluding hydrogens is 250 g/mol. The maximum Gasteiger partial charge on any atom is 0.424 e. The second-order valence-corrected chi connectivity index (χ2v) is 5.79. The Balaban J connectivity index is 2.61. The molecule has 1 aliphatic heterocycles. The van der Waals surface area contributed by atoms with Gasteiger partial charge in [0.25, 0.3) is 5.52 Å². The maximum absolute atomic E-state index is 6.07. The van der Waals surface area contributed by atoms with E-state index in [1.807, 2.05) is 0 Å². The predicted molar refractivity (Wildman–Crippen MR) is 79.2 cm³/mol. The summed E-state index contributed by atoms with van der Waals surface area (Å²) in [5.41, 5.74) is 8.91. The van der Waals surface area contributed by atoms with Crippen molar-refractivity contribution in [2.75, 3.05) is 7.11 Å². The molecule has 3 rings (SSSR count). The van der Waals surface area contributed by atoms with Crippen LogP contribution in [0, 0.1) is 41.5 Å². The molecule has 1 unspecified atom stereocenters. The molecular formula is C17H22NO2+. The highest BCUT2D eigenvalue weighted by Crippen LogP contribution is 2.41. The first-order chi connectivity index (χ1) is 9.40. The number of benzene rings is 1. The Labute approximate surface area is 120 Å². The van der Waals surface area contributed by atoms with Gasteiger partial charge in [-0.2, -0.15) is 0 Å². The highest BCUT2D eigenvalue weighted by molar-refractivity contribution is 5.91. The summed E-state index contributed by atoms with van der Waals surface area (Å²) >= 11 is 0. The van der Waals surface area contributed by atoms with Crippen LogP contribution in [-0.2, 0) is 4.74 Å². The number of aryl methyl sites for hydroxylation is 2. The van der Waals surface area contributed by atoms with Crippen molar-refractivity contribution in [3.63, 3.8) is 0 Å².